The van der Waals surface area contributed by atoms with Crippen molar-refractivity contribution in [2.24, 2.45) is 0 Å². The second-order valence-corrected chi connectivity index (χ2v) is 5.18. The van der Waals surface area contributed by atoms with Crippen LogP contribution in [0, 0.1) is 0 Å². The quantitative estimate of drug-likeness (QED) is 0.832. The van der Waals surface area contributed by atoms with Gasteiger partial charge < -0.3 is 18.9 Å². The fourth-order valence-electron chi connectivity index (χ4n) is 2.28. The van der Waals surface area contributed by atoms with Gasteiger partial charge in [0.2, 0.25) is 0 Å². The molecule has 0 atom stereocenters. The molecule has 1 aromatic heterocycles. The molecule has 1 amide bonds. The van der Waals surface area contributed by atoms with Gasteiger partial charge in [-0.15, -0.1) is 0 Å². The van der Waals surface area contributed by atoms with Crippen molar-refractivity contribution in [2.75, 3.05) is 32.9 Å². The summed E-state index contributed by atoms with van der Waals surface area (Å²) in [6.07, 6.45) is 0.716. The van der Waals surface area contributed by atoms with Gasteiger partial charge in [-0.3, -0.25) is 4.79 Å². The first kappa shape index (κ1) is 15.5. The van der Waals surface area contributed by atoms with Crippen molar-refractivity contribution in [1.29, 1.82) is 0 Å². The lowest BCUT2D eigenvalue weighted by Gasteiger charge is -2.26. The molecule has 3 rings (SSSR count). The molecular formula is C16H19N3O4. The molecule has 122 valence electrons. The van der Waals surface area contributed by atoms with Crippen LogP contribution in [-0.2, 0) is 16.0 Å². The van der Waals surface area contributed by atoms with Gasteiger partial charge in [0.05, 0.1) is 13.2 Å². The number of morpholine rings is 1. The molecule has 7 nitrogen and oxygen atoms in total. The lowest BCUT2D eigenvalue weighted by molar-refractivity contribution is -0.137. The first-order valence-corrected chi connectivity index (χ1v) is 7.67. The Bertz CT molecular complexity index is 665. The summed E-state index contributed by atoms with van der Waals surface area (Å²) in [4.78, 5) is 18.1. The lowest BCUT2D eigenvalue weighted by Crippen LogP contribution is -2.42. The number of benzene rings is 1. The lowest BCUT2D eigenvalue weighted by atomic mass is 10.2. The summed E-state index contributed by atoms with van der Waals surface area (Å²) in [7, 11) is 0. The molecule has 1 saturated heterocycles. The monoisotopic (exact) mass is 317 g/mol. The Morgan fingerprint density at radius 3 is 2.91 bits per heavy atom. The summed E-state index contributed by atoms with van der Waals surface area (Å²) in [6.45, 7) is 4.36. The number of hydrogen-bond acceptors (Lipinski definition) is 6. The number of ether oxygens (including phenoxy) is 2. The Hall–Kier alpha value is -2.41. The Kier molecular flexibility index (Phi) is 4.87. The van der Waals surface area contributed by atoms with Gasteiger partial charge >= 0.3 is 0 Å². The fraction of sp³-hybridized carbons (Fsp3) is 0.438. The van der Waals surface area contributed by atoms with Crippen LogP contribution in [0.1, 0.15) is 12.7 Å². The summed E-state index contributed by atoms with van der Waals surface area (Å²) < 4.78 is 16.0. The first-order valence-electron chi connectivity index (χ1n) is 7.67. The third kappa shape index (κ3) is 3.87. The van der Waals surface area contributed by atoms with Crippen LogP contribution in [0.2, 0.25) is 0 Å². The van der Waals surface area contributed by atoms with E-state index in [1.54, 1.807) is 17.0 Å². The number of amides is 1. The molecule has 0 spiro atoms. The normalized spacial score (nSPS) is 14.7. The highest BCUT2D eigenvalue weighted by molar-refractivity contribution is 5.77. The molecule has 23 heavy (non-hydrogen) atoms. The van der Waals surface area contributed by atoms with Crippen LogP contribution >= 0.6 is 0 Å². The highest BCUT2D eigenvalue weighted by Gasteiger charge is 2.17. The number of carbonyl (C=O) groups is 1. The van der Waals surface area contributed by atoms with E-state index in [0.717, 1.165) is 5.56 Å². The maximum Gasteiger partial charge on any atom is 0.260 e. The molecule has 1 aromatic carbocycles. The third-order valence-electron chi connectivity index (χ3n) is 3.59. The number of aromatic nitrogens is 2. The van der Waals surface area contributed by atoms with E-state index >= 15 is 0 Å². The van der Waals surface area contributed by atoms with Crippen molar-refractivity contribution in [3.8, 4) is 17.2 Å². The zero-order valence-electron chi connectivity index (χ0n) is 13.0. The Balaban J connectivity index is 1.62. The van der Waals surface area contributed by atoms with Crippen LogP contribution in [-0.4, -0.2) is 53.9 Å². The van der Waals surface area contributed by atoms with E-state index in [-0.39, 0.29) is 12.5 Å². The Morgan fingerprint density at radius 1 is 1.35 bits per heavy atom. The third-order valence-corrected chi connectivity index (χ3v) is 3.59. The maximum atomic E-state index is 12.1. The molecule has 1 aliphatic rings. The SMILES string of the molecule is CCc1noc(-c2cccc(OCC(=O)N3CCOCC3)c2)n1. The predicted molar refractivity (Wildman–Crippen MR) is 82.0 cm³/mol. The maximum absolute atomic E-state index is 12.1. The van der Waals surface area contributed by atoms with Crippen molar-refractivity contribution in [3.05, 3.63) is 30.1 Å². The van der Waals surface area contributed by atoms with E-state index in [4.69, 9.17) is 14.0 Å². The number of carbonyl (C=O) groups excluding carboxylic acids is 1. The summed E-state index contributed by atoms with van der Waals surface area (Å²) in [5, 5.41) is 3.88. The van der Waals surface area contributed by atoms with Gasteiger partial charge in [0.25, 0.3) is 11.8 Å². The van der Waals surface area contributed by atoms with Crippen molar-refractivity contribution in [1.82, 2.24) is 15.0 Å². The van der Waals surface area contributed by atoms with Gasteiger partial charge in [0.1, 0.15) is 5.75 Å². The predicted octanol–water partition coefficient (Wildman–Crippen LogP) is 1.54. The average Bonchev–Trinajstić information content (AvgIpc) is 3.10. The minimum absolute atomic E-state index is 0.00744. The van der Waals surface area contributed by atoms with E-state index in [0.29, 0.717) is 50.2 Å². The van der Waals surface area contributed by atoms with E-state index in [1.165, 1.54) is 0 Å². The van der Waals surface area contributed by atoms with Crippen LogP contribution in [0.4, 0.5) is 0 Å². The minimum Gasteiger partial charge on any atom is -0.484 e. The topological polar surface area (TPSA) is 77.7 Å². The smallest absolute Gasteiger partial charge is 0.260 e. The van der Waals surface area contributed by atoms with Crippen molar-refractivity contribution in [2.45, 2.75) is 13.3 Å². The standard InChI is InChI=1S/C16H19N3O4/c1-2-14-17-16(23-18-14)12-4-3-5-13(10-12)22-11-15(20)19-6-8-21-9-7-19/h3-5,10H,2,6-9,11H2,1H3. The van der Waals surface area contributed by atoms with Crippen LogP contribution in [0.3, 0.4) is 0 Å². The molecule has 2 aromatic rings. The molecule has 2 heterocycles. The van der Waals surface area contributed by atoms with Gasteiger partial charge in [0, 0.05) is 25.1 Å². The van der Waals surface area contributed by atoms with Crippen molar-refractivity contribution >= 4 is 5.91 Å². The molecule has 0 bridgehead atoms. The minimum atomic E-state index is -0.0373. The molecule has 7 heteroatoms. The molecule has 0 saturated carbocycles. The molecule has 1 aliphatic heterocycles. The first-order chi connectivity index (χ1) is 11.3. The summed E-state index contributed by atoms with van der Waals surface area (Å²) in [5.74, 6) is 1.67. The highest BCUT2D eigenvalue weighted by Crippen LogP contribution is 2.22. The van der Waals surface area contributed by atoms with Gasteiger partial charge in [-0.05, 0) is 18.2 Å². The van der Waals surface area contributed by atoms with Crippen molar-refractivity contribution < 1.29 is 18.8 Å². The molecule has 0 N–H and O–H groups in total. The second-order valence-electron chi connectivity index (χ2n) is 5.18. The van der Waals surface area contributed by atoms with Crippen LogP contribution in [0.5, 0.6) is 5.75 Å². The summed E-state index contributed by atoms with van der Waals surface area (Å²) in [5.41, 5.74) is 0.772. The molecular weight excluding hydrogens is 298 g/mol. The zero-order chi connectivity index (χ0) is 16.1. The summed E-state index contributed by atoms with van der Waals surface area (Å²) >= 11 is 0. The van der Waals surface area contributed by atoms with Gasteiger partial charge in [-0.25, -0.2) is 0 Å². The van der Waals surface area contributed by atoms with Crippen LogP contribution < -0.4 is 4.74 Å². The van der Waals surface area contributed by atoms with E-state index in [2.05, 4.69) is 10.1 Å². The Labute approximate surface area is 134 Å². The van der Waals surface area contributed by atoms with Gasteiger partial charge in [0.15, 0.2) is 12.4 Å². The molecule has 0 aliphatic carbocycles. The number of aryl methyl sites for hydroxylation is 1. The van der Waals surface area contributed by atoms with Crippen molar-refractivity contribution in [3.63, 3.8) is 0 Å². The van der Waals surface area contributed by atoms with E-state index < -0.39 is 0 Å². The molecule has 0 unspecified atom stereocenters. The Morgan fingerprint density at radius 2 is 2.17 bits per heavy atom. The summed E-state index contributed by atoms with van der Waals surface area (Å²) in [6, 6.07) is 7.29. The highest BCUT2D eigenvalue weighted by atomic mass is 16.5. The second kappa shape index (κ2) is 7.23. The number of rotatable bonds is 5. The molecule has 0 radical (unpaired) electrons. The largest absolute Gasteiger partial charge is 0.484 e. The van der Waals surface area contributed by atoms with E-state index in [1.807, 2.05) is 19.1 Å². The van der Waals surface area contributed by atoms with Crippen LogP contribution in [0.15, 0.2) is 28.8 Å². The van der Waals surface area contributed by atoms with E-state index in [9.17, 15) is 4.79 Å². The number of nitrogens with zero attached hydrogens (tertiary/aromatic N) is 3. The number of hydrogen-bond donors (Lipinski definition) is 0. The zero-order valence-corrected chi connectivity index (χ0v) is 13.0. The van der Waals surface area contributed by atoms with Gasteiger partial charge in [-0.1, -0.05) is 18.1 Å². The molecule has 1 fully saturated rings. The van der Waals surface area contributed by atoms with Crippen LogP contribution in [0.25, 0.3) is 11.5 Å². The average molecular weight is 317 g/mol. The van der Waals surface area contributed by atoms with Gasteiger partial charge in [-0.2, -0.15) is 4.98 Å². The fourth-order valence-corrected chi connectivity index (χ4v) is 2.28.